The van der Waals surface area contributed by atoms with E-state index < -0.39 is 59.9 Å². The monoisotopic (exact) mass is 506 g/mol. The number of primary amides is 1. The van der Waals surface area contributed by atoms with Gasteiger partial charge in [-0.25, -0.2) is 4.79 Å². The van der Waals surface area contributed by atoms with Crippen molar-refractivity contribution in [1.82, 2.24) is 16.0 Å². The first-order valence-electron chi connectivity index (χ1n) is 11.0. The summed E-state index contributed by atoms with van der Waals surface area (Å²) in [4.78, 5) is 60.6. The molecule has 0 rings (SSSR count). The Labute approximate surface area is 203 Å². The maximum Gasteiger partial charge on any atom is 0.326 e. The highest BCUT2D eigenvalue weighted by atomic mass is 32.2. The number of rotatable bonds is 18. The van der Waals surface area contributed by atoms with Gasteiger partial charge in [-0.15, -0.1) is 0 Å². The van der Waals surface area contributed by atoms with Crippen molar-refractivity contribution in [3.05, 3.63) is 0 Å². The summed E-state index contributed by atoms with van der Waals surface area (Å²) in [6, 6.07) is -4.90. The second-order valence-corrected chi connectivity index (χ2v) is 8.85. The molecule has 0 bridgehead atoms. The number of hydrogen-bond donors (Lipinski definition) is 8. The van der Waals surface area contributed by atoms with Crippen LogP contribution >= 0.6 is 11.8 Å². The maximum absolute atomic E-state index is 12.8. The van der Waals surface area contributed by atoms with Gasteiger partial charge in [-0.1, -0.05) is 0 Å². The number of amides is 4. The lowest BCUT2D eigenvalue weighted by Gasteiger charge is -2.26. The fraction of sp³-hybridized carbons (Fsp3) is 0.750. The van der Waals surface area contributed by atoms with E-state index in [4.69, 9.17) is 17.2 Å². The fourth-order valence-electron chi connectivity index (χ4n) is 2.88. The molecule has 0 aliphatic carbocycles. The molecule has 0 radical (unpaired) electrons. The van der Waals surface area contributed by atoms with E-state index in [-0.39, 0.29) is 19.3 Å². The Morgan fingerprint density at radius 1 is 0.912 bits per heavy atom. The molecule has 14 heteroatoms. The van der Waals surface area contributed by atoms with Gasteiger partial charge in [0.25, 0.3) is 0 Å². The Balaban J connectivity index is 5.41. The van der Waals surface area contributed by atoms with E-state index in [1.54, 1.807) is 0 Å². The van der Waals surface area contributed by atoms with Crippen molar-refractivity contribution in [2.24, 2.45) is 17.2 Å². The summed E-state index contributed by atoms with van der Waals surface area (Å²) < 4.78 is 0. The summed E-state index contributed by atoms with van der Waals surface area (Å²) >= 11 is 1.49. The summed E-state index contributed by atoms with van der Waals surface area (Å²) in [7, 11) is 0. The van der Waals surface area contributed by atoms with Crippen molar-refractivity contribution in [2.75, 3.05) is 18.6 Å². The summed E-state index contributed by atoms with van der Waals surface area (Å²) in [5.41, 5.74) is 16.4. The summed E-state index contributed by atoms with van der Waals surface area (Å²) in [6.07, 6.45) is 1.53. The van der Waals surface area contributed by atoms with Gasteiger partial charge in [0.15, 0.2) is 0 Å². The summed E-state index contributed by atoms with van der Waals surface area (Å²) in [6.45, 7) is 1.64. The lowest BCUT2D eigenvalue weighted by molar-refractivity contribution is -0.142. The van der Waals surface area contributed by atoms with Crippen LogP contribution < -0.4 is 33.2 Å². The predicted molar refractivity (Wildman–Crippen MR) is 127 cm³/mol. The maximum atomic E-state index is 12.8. The van der Waals surface area contributed by atoms with Crippen molar-refractivity contribution in [3.8, 4) is 0 Å². The van der Waals surface area contributed by atoms with E-state index in [0.717, 1.165) is 0 Å². The zero-order valence-corrected chi connectivity index (χ0v) is 20.4. The van der Waals surface area contributed by atoms with E-state index in [1.807, 2.05) is 6.26 Å². The molecule has 11 N–H and O–H groups in total. The third-order valence-electron chi connectivity index (χ3n) is 4.91. The first-order chi connectivity index (χ1) is 15.9. The number of nitrogens with one attached hydrogen (secondary N) is 3. The van der Waals surface area contributed by atoms with Crippen LogP contribution in [0.2, 0.25) is 0 Å². The molecule has 0 aliphatic heterocycles. The zero-order chi connectivity index (χ0) is 26.3. The molecule has 196 valence electrons. The van der Waals surface area contributed by atoms with Gasteiger partial charge in [-0.2, -0.15) is 11.8 Å². The second kappa shape index (κ2) is 17.1. The molecule has 0 aromatic carbocycles. The standard InChI is InChI=1S/C20H38N6O7S/c1-11(27)16(26-17(29)12(22)8-10-34-2)19(31)24-13(6-7-15(23)28)18(30)25-14(20(32)33)5-3-4-9-21/h11-14,16,27H,3-10,21-22H2,1-2H3,(H2,23,28)(H,24,31)(H,25,30)(H,26,29)(H,32,33). The number of nitrogens with two attached hydrogens (primary N) is 3. The molecule has 0 aromatic heterocycles. The van der Waals surface area contributed by atoms with Crippen LogP contribution in [0, 0.1) is 0 Å². The van der Waals surface area contributed by atoms with Gasteiger partial charge in [0, 0.05) is 6.42 Å². The average molecular weight is 507 g/mol. The largest absolute Gasteiger partial charge is 0.480 e. The number of carbonyl (C=O) groups excluding carboxylic acids is 4. The zero-order valence-electron chi connectivity index (χ0n) is 19.6. The second-order valence-electron chi connectivity index (χ2n) is 7.86. The van der Waals surface area contributed by atoms with Crippen molar-refractivity contribution in [1.29, 1.82) is 0 Å². The molecule has 5 unspecified atom stereocenters. The molecule has 0 saturated heterocycles. The minimum atomic E-state index is -1.43. The van der Waals surface area contributed by atoms with Gasteiger partial charge in [0.05, 0.1) is 12.1 Å². The van der Waals surface area contributed by atoms with Crippen LogP contribution in [-0.4, -0.2) is 88.6 Å². The Hall–Kier alpha value is -2.42. The first-order valence-corrected chi connectivity index (χ1v) is 12.4. The van der Waals surface area contributed by atoms with E-state index in [9.17, 15) is 34.2 Å². The number of carboxylic acids is 1. The Morgan fingerprint density at radius 2 is 1.53 bits per heavy atom. The molecule has 13 nitrogen and oxygen atoms in total. The predicted octanol–water partition coefficient (Wildman–Crippen LogP) is -2.62. The van der Waals surface area contributed by atoms with E-state index in [2.05, 4.69) is 16.0 Å². The van der Waals surface area contributed by atoms with Gasteiger partial charge in [-0.3, -0.25) is 19.2 Å². The minimum absolute atomic E-state index is 0.120. The van der Waals surface area contributed by atoms with Crippen LogP contribution in [0.3, 0.4) is 0 Å². The molecule has 0 fully saturated rings. The average Bonchev–Trinajstić information content (AvgIpc) is 2.76. The van der Waals surface area contributed by atoms with Crippen LogP contribution in [0.15, 0.2) is 0 Å². The normalized spacial score (nSPS) is 15.3. The SMILES string of the molecule is CSCCC(N)C(=O)NC(C(=O)NC(CCC(N)=O)C(=O)NC(CCCCN)C(=O)O)C(C)O. The Morgan fingerprint density at radius 3 is 2.03 bits per heavy atom. The molecule has 0 aliphatic rings. The molecule has 0 aromatic rings. The van der Waals surface area contributed by atoms with Crippen molar-refractivity contribution >= 4 is 41.4 Å². The van der Waals surface area contributed by atoms with Crippen LogP contribution in [0.1, 0.15) is 45.4 Å². The molecule has 4 amide bonds. The molecule has 5 atom stereocenters. The van der Waals surface area contributed by atoms with Crippen LogP contribution in [-0.2, 0) is 24.0 Å². The number of unbranched alkanes of at least 4 members (excludes halogenated alkanes) is 1. The number of aliphatic carboxylic acids is 1. The highest BCUT2D eigenvalue weighted by molar-refractivity contribution is 7.98. The molecular weight excluding hydrogens is 468 g/mol. The molecule has 0 spiro atoms. The van der Waals surface area contributed by atoms with Gasteiger partial charge < -0.3 is 43.4 Å². The molecule has 0 saturated carbocycles. The van der Waals surface area contributed by atoms with E-state index in [1.165, 1.54) is 18.7 Å². The lowest BCUT2D eigenvalue weighted by atomic mass is 10.1. The molecule has 34 heavy (non-hydrogen) atoms. The molecule has 0 heterocycles. The minimum Gasteiger partial charge on any atom is -0.480 e. The number of carbonyl (C=O) groups is 5. The smallest absolute Gasteiger partial charge is 0.326 e. The van der Waals surface area contributed by atoms with Crippen LogP contribution in [0.25, 0.3) is 0 Å². The van der Waals surface area contributed by atoms with Gasteiger partial charge >= 0.3 is 5.97 Å². The van der Waals surface area contributed by atoms with Gasteiger partial charge in [-0.05, 0) is 57.6 Å². The summed E-state index contributed by atoms with van der Waals surface area (Å²) in [5, 5.41) is 26.5. The number of aliphatic hydroxyl groups is 1. The first kappa shape index (κ1) is 31.6. The highest BCUT2D eigenvalue weighted by Gasteiger charge is 2.32. The van der Waals surface area contributed by atoms with Gasteiger partial charge in [0.1, 0.15) is 18.1 Å². The number of carboxylic acid groups (broad SMARTS) is 1. The number of hydrogen-bond acceptors (Lipinski definition) is 9. The van der Waals surface area contributed by atoms with Crippen molar-refractivity contribution in [2.45, 2.75) is 75.7 Å². The number of thioether (sulfide) groups is 1. The summed E-state index contributed by atoms with van der Waals surface area (Å²) in [5.74, 6) is -3.78. The topological polar surface area (TPSA) is 240 Å². The Bertz CT molecular complexity index is 694. The van der Waals surface area contributed by atoms with Gasteiger partial charge in [0.2, 0.25) is 23.6 Å². The van der Waals surface area contributed by atoms with Crippen LogP contribution in [0.4, 0.5) is 0 Å². The fourth-order valence-corrected chi connectivity index (χ4v) is 3.37. The third kappa shape index (κ3) is 12.7. The molecular formula is C20H38N6O7S. The highest BCUT2D eigenvalue weighted by Crippen LogP contribution is 2.06. The van der Waals surface area contributed by atoms with Crippen LogP contribution in [0.5, 0.6) is 0 Å². The van der Waals surface area contributed by atoms with Crippen molar-refractivity contribution in [3.63, 3.8) is 0 Å². The lowest BCUT2D eigenvalue weighted by Crippen LogP contribution is -2.59. The van der Waals surface area contributed by atoms with Crippen molar-refractivity contribution < 1.29 is 34.2 Å². The Kier molecular flexibility index (Phi) is 15.9. The third-order valence-corrected chi connectivity index (χ3v) is 5.55. The van der Waals surface area contributed by atoms with E-state index in [0.29, 0.717) is 31.6 Å². The van der Waals surface area contributed by atoms with E-state index >= 15 is 0 Å². The number of aliphatic hydroxyl groups excluding tert-OH is 1. The quantitative estimate of drug-likeness (QED) is 0.0900.